The van der Waals surface area contributed by atoms with Gasteiger partial charge in [0.05, 0.1) is 0 Å². The fraction of sp³-hybridized carbons (Fsp3) is 1.00. The molecule has 1 heterocycles. The summed E-state index contributed by atoms with van der Waals surface area (Å²) < 4.78 is 0. The molecule has 1 rings (SSSR count). The molecule has 0 aromatic rings. The van der Waals surface area contributed by atoms with Crippen LogP contribution in [0.25, 0.3) is 0 Å². The summed E-state index contributed by atoms with van der Waals surface area (Å²) >= 11 is 0. The summed E-state index contributed by atoms with van der Waals surface area (Å²) in [4.78, 5) is 2.63. The Morgan fingerprint density at radius 1 is 1.00 bits per heavy atom. The van der Waals surface area contributed by atoms with Gasteiger partial charge < -0.3 is 4.90 Å². The first-order chi connectivity index (χ1) is 6.79. The molecular weight excluding hydrogens is 170 g/mol. The van der Waals surface area contributed by atoms with Gasteiger partial charge in [-0.1, -0.05) is 34.1 Å². The molecule has 0 amide bonds. The maximum Gasteiger partial charge on any atom is -0.00186 e. The van der Waals surface area contributed by atoms with Crippen molar-refractivity contribution in [2.24, 2.45) is 5.92 Å². The molecular formula is C13H29N. The summed E-state index contributed by atoms with van der Waals surface area (Å²) in [5.74, 6) is 0.884. The topological polar surface area (TPSA) is 3.24 Å². The van der Waals surface area contributed by atoms with Gasteiger partial charge in [-0.05, 0) is 51.2 Å². The van der Waals surface area contributed by atoms with E-state index in [1.54, 1.807) is 0 Å². The number of rotatable bonds is 4. The van der Waals surface area contributed by atoms with Crippen molar-refractivity contribution in [1.82, 2.24) is 4.90 Å². The Bertz CT molecular complexity index is 104. The van der Waals surface area contributed by atoms with Crippen molar-refractivity contribution >= 4 is 0 Å². The standard InChI is InChI=1S/C11H23N.C2H6/c1-11(2)7-6-10-12-8-4-3-5-9-12;1-2/h11H,3-10H2,1-2H3;1-2H3. The molecule has 1 heteroatoms. The molecule has 0 atom stereocenters. The third-order valence-corrected chi connectivity index (χ3v) is 2.70. The van der Waals surface area contributed by atoms with Gasteiger partial charge in [0.1, 0.15) is 0 Å². The minimum atomic E-state index is 0.884. The second-order valence-corrected chi connectivity index (χ2v) is 4.44. The van der Waals surface area contributed by atoms with Crippen LogP contribution >= 0.6 is 0 Å². The summed E-state index contributed by atoms with van der Waals surface area (Å²) in [6, 6.07) is 0. The van der Waals surface area contributed by atoms with E-state index in [2.05, 4.69) is 18.7 Å². The van der Waals surface area contributed by atoms with E-state index < -0.39 is 0 Å². The Kier molecular flexibility index (Phi) is 9.49. The SMILES string of the molecule is CC.CC(C)CCCN1CCCCC1. The van der Waals surface area contributed by atoms with Crippen molar-refractivity contribution in [3.63, 3.8) is 0 Å². The van der Waals surface area contributed by atoms with Crippen LogP contribution in [0.3, 0.4) is 0 Å². The van der Waals surface area contributed by atoms with E-state index in [-0.39, 0.29) is 0 Å². The molecule has 1 aliphatic rings. The molecule has 0 radical (unpaired) electrons. The zero-order valence-electron chi connectivity index (χ0n) is 10.7. The number of likely N-dealkylation sites (tertiary alicyclic amines) is 1. The van der Waals surface area contributed by atoms with E-state index in [4.69, 9.17) is 0 Å². The van der Waals surface area contributed by atoms with Gasteiger partial charge in [0.15, 0.2) is 0 Å². The summed E-state index contributed by atoms with van der Waals surface area (Å²) in [6.45, 7) is 12.7. The average Bonchev–Trinajstić information content (AvgIpc) is 2.22. The van der Waals surface area contributed by atoms with Crippen LogP contribution in [0.15, 0.2) is 0 Å². The first-order valence-corrected chi connectivity index (χ1v) is 6.51. The second kappa shape index (κ2) is 9.51. The lowest BCUT2D eigenvalue weighted by Crippen LogP contribution is -2.30. The molecule has 0 spiro atoms. The summed E-state index contributed by atoms with van der Waals surface area (Å²) in [5, 5.41) is 0. The molecule has 0 unspecified atom stereocenters. The second-order valence-electron chi connectivity index (χ2n) is 4.44. The quantitative estimate of drug-likeness (QED) is 0.663. The van der Waals surface area contributed by atoms with Crippen molar-refractivity contribution in [2.45, 2.75) is 59.8 Å². The maximum atomic E-state index is 2.63. The summed E-state index contributed by atoms with van der Waals surface area (Å²) in [7, 11) is 0. The first kappa shape index (κ1) is 14.0. The molecule has 1 aliphatic heterocycles. The Balaban J connectivity index is 0.000000791. The van der Waals surface area contributed by atoms with Gasteiger partial charge >= 0.3 is 0 Å². The fourth-order valence-electron chi connectivity index (χ4n) is 1.91. The molecule has 86 valence electrons. The van der Waals surface area contributed by atoms with Crippen molar-refractivity contribution in [3.8, 4) is 0 Å². The van der Waals surface area contributed by atoms with Crippen LogP contribution in [0.5, 0.6) is 0 Å². The molecule has 0 saturated carbocycles. The van der Waals surface area contributed by atoms with E-state index in [0.717, 1.165) is 5.92 Å². The van der Waals surface area contributed by atoms with Crippen molar-refractivity contribution in [1.29, 1.82) is 0 Å². The third kappa shape index (κ3) is 7.37. The Labute approximate surface area is 90.9 Å². The molecule has 0 bridgehead atoms. The monoisotopic (exact) mass is 199 g/mol. The summed E-state index contributed by atoms with van der Waals surface area (Å²) in [5.41, 5.74) is 0. The highest BCUT2D eigenvalue weighted by Crippen LogP contribution is 2.11. The number of piperidine rings is 1. The van der Waals surface area contributed by atoms with Crippen LogP contribution in [0.2, 0.25) is 0 Å². The molecule has 0 aromatic heterocycles. The number of hydrogen-bond acceptors (Lipinski definition) is 1. The van der Waals surface area contributed by atoms with Gasteiger partial charge in [-0.2, -0.15) is 0 Å². The fourth-order valence-corrected chi connectivity index (χ4v) is 1.91. The van der Waals surface area contributed by atoms with Gasteiger partial charge in [0.25, 0.3) is 0 Å². The molecule has 1 nitrogen and oxygen atoms in total. The number of nitrogens with zero attached hydrogens (tertiary/aromatic N) is 1. The lowest BCUT2D eigenvalue weighted by Gasteiger charge is -2.26. The highest BCUT2D eigenvalue weighted by Gasteiger charge is 2.08. The van der Waals surface area contributed by atoms with Gasteiger partial charge in [-0.3, -0.25) is 0 Å². The van der Waals surface area contributed by atoms with Crippen LogP contribution in [0.1, 0.15) is 59.8 Å². The molecule has 0 aliphatic carbocycles. The predicted molar refractivity (Wildman–Crippen MR) is 65.7 cm³/mol. The van der Waals surface area contributed by atoms with Crippen LogP contribution in [0, 0.1) is 5.92 Å². The molecule has 0 aromatic carbocycles. The van der Waals surface area contributed by atoms with E-state index in [0.29, 0.717) is 0 Å². The highest BCUT2D eigenvalue weighted by atomic mass is 15.1. The van der Waals surface area contributed by atoms with Gasteiger partial charge in [-0.15, -0.1) is 0 Å². The van der Waals surface area contributed by atoms with Crippen molar-refractivity contribution in [3.05, 3.63) is 0 Å². The molecule has 1 saturated heterocycles. The van der Waals surface area contributed by atoms with Crippen LogP contribution in [-0.2, 0) is 0 Å². The Hall–Kier alpha value is -0.0400. The van der Waals surface area contributed by atoms with Crippen LogP contribution < -0.4 is 0 Å². The first-order valence-electron chi connectivity index (χ1n) is 6.51. The minimum absolute atomic E-state index is 0.884. The normalized spacial score (nSPS) is 17.8. The lowest BCUT2D eigenvalue weighted by atomic mass is 10.1. The molecule has 1 fully saturated rings. The van der Waals surface area contributed by atoms with Gasteiger partial charge in [-0.25, -0.2) is 0 Å². The van der Waals surface area contributed by atoms with Crippen LogP contribution in [0.4, 0.5) is 0 Å². The predicted octanol–water partition coefficient (Wildman–Crippen LogP) is 3.93. The Morgan fingerprint density at radius 2 is 1.57 bits per heavy atom. The maximum absolute atomic E-state index is 2.63. The van der Waals surface area contributed by atoms with Crippen molar-refractivity contribution < 1.29 is 0 Å². The van der Waals surface area contributed by atoms with Gasteiger partial charge in [0.2, 0.25) is 0 Å². The van der Waals surface area contributed by atoms with E-state index >= 15 is 0 Å². The minimum Gasteiger partial charge on any atom is -0.303 e. The zero-order chi connectivity index (χ0) is 10.8. The van der Waals surface area contributed by atoms with Crippen molar-refractivity contribution in [2.75, 3.05) is 19.6 Å². The van der Waals surface area contributed by atoms with Crippen LogP contribution in [-0.4, -0.2) is 24.5 Å². The summed E-state index contributed by atoms with van der Waals surface area (Å²) in [6.07, 6.45) is 7.12. The van der Waals surface area contributed by atoms with E-state index in [1.165, 1.54) is 51.7 Å². The van der Waals surface area contributed by atoms with Gasteiger partial charge in [0, 0.05) is 0 Å². The molecule has 14 heavy (non-hydrogen) atoms. The number of hydrogen-bond donors (Lipinski definition) is 0. The third-order valence-electron chi connectivity index (χ3n) is 2.70. The largest absolute Gasteiger partial charge is 0.303 e. The zero-order valence-corrected chi connectivity index (χ0v) is 10.7. The molecule has 0 N–H and O–H groups in total. The van der Waals surface area contributed by atoms with E-state index in [1.807, 2.05) is 13.8 Å². The van der Waals surface area contributed by atoms with E-state index in [9.17, 15) is 0 Å². The Morgan fingerprint density at radius 3 is 2.07 bits per heavy atom. The lowest BCUT2D eigenvalue weighted by molar-refractivity contribution is 0.221. The smallest absolute Gasteiger partial charge is 0.00186 e. The highest BCUT2D eigenvalue weighted by molar-refractivity contribution is 4.64. The average molecular weight is 199 g/mol.